The van der Waals surface area contributed by atoms with Gasteiger partial charge in [-0.25, -0.2) is 8.42 Å². The second-order valence-corrected chi connectivity index (χ2v) is 7.52. The van der Waals surface area contributed by atoms with Crippen molar-refractivity contribution in [3.63, 3.8) is 0 Å². The van der Waals surface area contributed by atoms with Gasteiger partial charge >= 0.3 is 0 Å². The summed E-state index contributed by atoms with van der Waals surface area (Å²) in [7, 11) is -2.26. The molecule has 118 valence electrons. The number of methoxy groups -OCH3 is 1. The first-order valence-corrected chi connectivity index (χ1v) is 8.13. The fraction of sp³-hybridized carbons (Fsp3) is 0.467. The van der Waals surface area contributed by atoms with Crippen LogP contribution < -0.4 is 10.5 Å². The van der Waals surface area contributed by atoms with Gasteiger partial charge in [-0.15, -0.1) is 6.58 Å². The van der Waals surface area contributed by atoms with Gasteiger partial charge in [0, 0.05) is 18.6 Å². The number of hydrogen-bond donors (Lipinski definition) is 1. The zero-order valence-electron chi connectivity index (χ0n) is 13.1. The lowest BCUT2D eigenvalue weighted by molar-refractivity contribution is 0.268. The number of hydrogen-bond acceptors (Lipinski definition) is 4. The van der Waals surface area contributed by atoms with Crippen LogP contribution in [0.3, 0.4) is 0 Å². The summed E-state index contributed by atoms with van der Waals surface area (Å²) in [5.74, 6) is 0.311. The van der Waals surface area contributed by atoms with Gasteiger partial charge in [0.05, 0.1) is 7.11 Å². The molecule has 0 bridgehead atoms. The molecular formula is C15H24N2O3S. The largest absolute Gasteiger partial charge is 0.495 e. The van der Waals surface area contributed by atoms with E-state index in [-0.39, 0.29) is 18.0 Å². The van der Waals surface area contributed by atoms with Gasteiger partial charge in [-0.1, -0.05) is 12.1 Å². The third-order valence-corrected chi connectivity index (χ3v) is 5.23. The predicted octanol–water partition coefficient (Wildman–Crippen LogP) is 2.13. The average molecular weight is 312 g/mol. The molecule has 0 radical (unpaired) electrons. The molecule has 0 aliphatic rings. The molecule has 0 unspecified atom stereocenters. The minimum absolute atomic E-state index is 0.129. The first-order chi connectivity index (χ1) is 9.68. The third-order valence-electron chi connectivity index (χ3n) is 3.07. The van der Waals surface area contributed by atoms with Crippen LogP contribution in [0.1, 0.15) is 26.3 Å². The fourth-order valence-electron chi connectivity index (χ4n) is 2.02. The van der Waals surface area contributed by atoms with E-state index < -0.39 is 15.6 Å². The third kappa shape index (κ3) is 3.84. The summed E-state index contributed by atoms with van der Waals surface area (Å²) in [6.07, 6.45) is 1.57. The molecule has 0 saturated heterocycles. The van der Waals surface area contributed by atoms with Gasteiger partial charge in [0.2, 0.25) is 10.0 Å². The van der Waals surface area contributed by atoms with Crippen LogP contribution in [0.5, 0.6) is 5.75 Å². The molecule has 21 heavy (non-hydrogen) atoms. The van der Waals surface area contributed by atoms with Crippen molar-refractivity contribution in [1.82, 2.24) is 4.31 Å². The quantitative estimate of drug-likeness (QED) is 0.817. The van der Waals surface area contributed by atoms with Crippen molar-refractivity contribution < 1.29 is 13.2 Å². The number of rotatable bonds is 6. The van der Waals surface area contributed by atoms with Crippen LogP contribution in [0.15, 0.2) is 35.7 Å². The molecule has 0 aliphatic heterocycles. The highest BCUT2D eigenvalue weighted by Crippen LogP contribution is 2.31. The van der Waals surface area contributed by atoms with Crippen molar-refractivity contribution >= 4 is 10.0 Å². The van der Waals surface area contributed by atoms with Crippen molar-refractivity contribution in [2.24, 2.45) is 5.73 Å². The molecule has 0 saturated carbocycles. The van der Waals surface area contributed by atoms with E-state index in [1.807, 2.05) is 20.8 Å². The normalized spacial score (nSPS) is 12.5. The minimum atomic E-state index is -3.71. The second-order valence-electron chi connectivity index (χ2n) is 5.68. The number of benzene rings is 1. The minimum Gasteiger partial charge on any atom is -0.495 e. The van der Waals surface area contributed by atoms with Crippen LogP contribution in [-0.2, 0) is 16.6 Å². The standard InChI is InChI=1S/C15H24N2O3S/c1-6-9-17(15(2,3)4)21(18,19)14-10-12(11-16)7-8-13(14)20-5/h6-8,10H,1,9,11,16H2,2-5H3. The molecule has 1 rings (SSSR count). The summed E-state index contributed by atoms with van der Waals surface area (Å²) in [6.45, 7) is 9.65. The Balaban J connectivity index is 3.50. The van der Waals surface area contributed by atoms with Gasteiger partial charge in [-0.05, 0) is 38.5 Å². The smallest absolute Gasteiger partial charge is 0.247 e. The summed E-state index contributed by atoms with van der Waals surface area (Å²) in [4.78, 5) is 0.129. The van der Waals surface area contributed by atoms with Crippen molar-refractivity contribution in [3.05, 3.63) is 36.4 Å². The van der Waals surface area contributed by atoms with E-state index >= 15 is 0 Å². The number of nitrogens with two attached hydrogens (primary N) is 1. The molecule has 6 heteroatoms. The Bertz CT molecular complexity index is 604. The van der Waals surface area contributed by atoms with Gasteiger partial charge < -0.3 is 10.5 Å². The maximum atomic E-state index is 13.0. The Hall–Kier alpha value is -1.37. The lowest BCUT2D eigenvalue weighted by atomic mass is 10.1. The SMILES string of the molecule is C=CCN(C(C)(C)C)S(=O)(=O)c1cc(CN)ccc1OC. The highest BCUT2D eigenvalue weighted by molar-refractivity contribution is 7.89. The summed E-state index contributed by atoms with van der Waals surface area (Å²) in [5, 5.41) is 0. The lowest BCUT2D eigenvalue weighted by Gasteiger charge is -2.34. The lowest BCUT2D eigenvalue weighted by Crippen LogP contribution is -2.45. The van der Waals surface area contributed by atoms with Crippen LogP contribution in [0.25, 0.3) is 0 Å². The second kappa shape index (κ2) is 6.60. The monoisotopic (exact) mass is 312 g/mol. The Labute approximate surface area is 127 Å². The van der Waals surface area contributed by atoms with Gasteiger partial charge in [-0.2, -0.15) is 4.31 Å². The topological polar surface area (TPSA) is 72.6 Å². The average Bonchev–Trinajstić information content (AvgIpc) is 2.42. The molecular weight excluding hydrogens is 288 g/mol. The molecule has 0 atom stereocenters. The molecule has 0 amide bonds. The van der Waals surface area contributed by atoms with Crippen LogP contribution in [-0.4, -0.2) is 31.9 Å². The summed E-state index contributed by atoms with van der Waals surface area (Å²) >= 11 is 0. The Morgan fingerprint density at radius 3 is 2.43 bits per heavy atom. The van der Waals surface area contributed by atoms with E-state index in [1.54, 1.807) is 24.3 Å². The van der Waals surface area contributed by atoms with E-state index in [9.17, 15) is 8.42 Å². The van der Waals surface area contributed by atoms with E-state index in [4.69, 9.17) is 10.5 Å². The van der Waals surface area contributed by atoms with Crippen LogP contribution in [0, 0.1) is 0 Å². The van der Waals surface area contributed by atoms with E-state index in [1.165, 1.54) is 11.4 Å². The molecule has 0 aliphatic carbocycles. The highest BCUT2D eigenvalue weighted by Gasteiger charge is 2.35. The molecule has 1 aromatic carbocycles. The maximum Gasteiger partial charge on any atom is 0.247 e. The van der Waals surface area contributed by atoms with E-state index in [0.717, 1.165) is 5.56 Å². The molecule has 5 nitrogen and oxygen atoms in total. The zero-order valence-corrected chi connectivity index (χ0v) is 13.9. The summed E-state index contributed by atoms with van der Waals surface area (Å²) in [6, 6.07) is 4.95. The number of sulfonamides is 1. The van der Waals surface area contributed by atoms with Gasteiger partial charge in [0.25, 0.3) is 0 Å². The van der Waals surface area contributed by atoms with Crippen molar-refractivity contribution in [2.75, 3.05) is 13.7 Å². The molecule has 0 heterocycles. The zero-order chi connectivity index (χ0) is 16.3. The van der Waals surface area contributed by atoms with E-state index in [0.29, 0.717) is 5.75 Å². The van der Waals surface area contributed by atoms with Crippen molar-refractivity contribution in [3.8, 4) is 5.75 Å². The summed E-state index contributed by atoms with van der Waals surface area (Å²) < 4.78 is 32.5. The predicted molar refractivity (Wildman–Crippen MR) is 84.7 cm³/mol. The van der Waals surface area contributed by atoms with Crippen molar-refractivity contribution in [2.45, 2.75) is 37.8 Å². The van der Waals surface area contributed by atoms with Gasteiger partial charge in [0.15, 0.2) is 0 Å². The first-order valence-electron chi connectivity index (χ1n) is 6.69. The number of ether oxygens (including phenoxy) is 1. The fourth-order valence-corrected chi connectivity index (χ4v) is 3.98. The Kier molecular flexibility index (Phi) is 5.55. The maximum absolute atomic E-state index is 13.0. The molecule has 0 spiro atoms. The molecule has 0 aromatic heterocycles. The van der Waals surface area contributed by atoms with Crippen LogP contribution >= 0.6 is 0 Å². The molecule has 0 fully saturated rings. The number of nitrogens with zero attached hydrogens (tertiary/aromatic N) is 1. The van der Waals surface area contributed by atoms with Gasteiger partial charge in [-0.3, -0.25) is 0 Å². The summed E-state index contributed by atoms with van der Waals surface area (Å²) in [5.41, 5.74) is 5.77. The Morgan fingerprint density at radius 2 is 2.00 bits per heavy atom. The molecule has 2 N–H and O–H groups in total. The van der Waals surface area contributed by atoms with Gasteiger partial charge in [0.1, 0.15) is 10.6 Å². The van der Waals surface area contributed by atoms with E-state index in [2.05, 4.69) is 6.58 Å². The molecule has 1 aromatic rings. The van der Waals surface area contributed by atoms with Crippen molar-refractivity contribution in [1.29, 1.82) is 0 Å². The Morgan fingerprint density at radius 1 is 1.38 bits per heavy atom. The highest BCUT2D eigenvalue weighted by atomic mass is 32.2. The van der Waals surface area contributed by atoms with Crippen LogP contribution in [0.2, 0.25) is 0 Å². The first kappa shape index (κ1) is 17.7. The van der Waals surface area contributed by atoms with Crippen LogP contribution in [0.4, 0.5) is 0 Å².